The maximum absolute atomic E-state index is 10.5. The van der Waals surface area contributed by atoms with Gasteiger partial charge in [-0.3, -0.25) is 4.79 Å². The van der Waals surface area contributed by atoms with E-state index in [2.05, 4.69) is 16.7 Å². The van der Waals surface area contributed by atoms with E-state index in [-0.39, 0.29) is 17.5 Å². The van der Waals surface area contributed by atoms with Crippen LogP contribution in [-0.4, -0.2) is 26.2 Å². The van der Waals surface area contributed by atoms with E-state index in [1.807, 2.05) is 33.8 Å². The molecule has 19 heavy (non-hydrogen) atoms. The number of allylic oxidation sites excluding steroid dienone is 4. The van der Waals surface area contributed by atoms with Crippen molar-refractivity contribution in [1.82, 2.24) is 14.8 Å². The Bertz CT molecular complexity index is 471. The zero-order valence-corrected chi connectivity index (χ0v) is 11.9. The van der Waals surface area contributed by atoms with Crippen molar-refractivity contribution in [3.8, 4) is 0 Å². The molecule has 1 aromatic heterocycles. The number of aliphatic hydroxyl groups excluding tert-OH is 1. The summed E-state index contributed by atoms with van der Waals surface area (Å²) in [6.07, 6.45) is 6.68. The minimum Gasteiger partial charge on any atom is -0.506 e. The van der Waals surface area contributed by atoms with Gasteiger partial charge in [-0.25, -0.2) is 9.67 Å². The zero-order valence-electron chi connectivity index (χ0n) is 11.9. The zero-order chi connectivity index (χ0) is 14.8. The maximum Gasteiger partial charge on any atom is 0.214 e. The third-order valence-electron chi connectivity index (χ3n) is 1.89. The Balaban J connectivity index is 0.00000154. The topological polar surface area (TPSA) is 68.0 Å². The van der Waals surface area contributed by atoms with E-state index in [0.717, 1.165) is 0 Å². The molecule has 5 heteroatoms. The first kappa shape index (κ1) is 16.8. The standard InChI is InChI=1S/C12H15N3O2.C2H6/c1-4-5-11(17)10(6-9(2)3)15-8-13-12(7-16)14-15;1-2/h4-9,17H,1H2,2-3H3;1-2H3/b10-6+,11-5+;. The number of aldehydes is 1. The number of hydrogen-bond donors (Lipinski definition) is 1. The number of carbonyl (C=O) groups is 1. The lowest BCUT2D eigenvalue weighted by Gasteiger charge is -2.07. The molecule has 1 N–H and O–H groups in total. The number of aliphatic hydroxyl groups is 1. The largest absolute Gasteiger partial charge is 0.506 e. The monoisotopic (exact) mass is 263 g/mol. The van der Waals surface area contributed by atoms with Crippen LogP contribution < -0.4 is 0 Å². The van der Waals surface area contributed by atoms with Gasteiger partial charge in [-0.15, -0.1) is 5.10 Å². The van der Waals surface area contributed by atoms with Gasteiger partial charge in [-0.2, -0.15) is 0 Å². The fourth-order valence-corrected chi connectivity index (χ4v) is 1.24. The van der Waals surface area contributed by atoms with Gasteiger partial charge in [0.1, 0.15) is 17.8 Å². The Kier molecular flexibility index (Phi) is 7.84. The van der Waals surface area contributed by atoms with Gasteiger partial charge in [0.25, 0.3) is 0 Å². The van der Waals surface area contributed by atoms with Crippen LogP contribution in [0.4, 0.5) is 0 Å². The number of nitrogens with zero attached hydrogens (tertiary/aromatic N) is 3. The second kappa shape index (κ2) is 8.85. The minimum atomic E-state index is 0.0241. The molecule has 1 heterocycles. The molecule has 0 amide bonds. The molecule has 1 rings (SSSR count). The molecule has 0 saturated carbocycles. The summed E-state index contributed by atoms with van der Waals surface area (Å²) in [5.41, 5.74) is 0.473. The molecule has 0 saturated heterocycles. The smallest absolute Gasteiger partial charge is 0.214 e. The van der Waals surface area contributed by atoms with Crippen molar-refractivity contribution in [2.24, 2.45) is 5.92 Å². The summed E-state index contributed by atoms with van der Waals surface area (Å²) in [6, 6.07) is 0. The lowest BCUT2D eigenvalue weighted by atomic mass is 10.1. The minimum absolute atomic E-state index is 0.0241. The first-order valence-electron chi connectivity index (χ1n) is 6.19. The van der Waals surface area contributed by atoms with Crippen LogP contribution in [0.5, 0.6) is 0 Å². The summed E-state index contributed by atoms with van der Waals surface area (Å²) in [5, 5.41) is 13.8. The number of carbonyl (C=O) groups excluding carboxylic acids is 1. The van der Waals surface area contributed by atoms with E-state index in [4.69, 9.17) is 0 Å². The van der Waals surface area contributed by atoms with E-state index in [1.54, 1.807) is 0 Å². The van der Waals surface area contributed by atoms with Gasteiger partial charge in [0.2, 0.25) is 5.82 Å². The molecule has 1 aromatic rings. The Morgan fingerprint density at radius 3 is 2.53 bits per heavy atom. The quantitative estimate of drug-likeness (QED) is 0.503. The third-order valence-corrected chi connectivity index (χ3v) is 1.89. The van der Waals surface area contributed by atoms with E-state index >= 15 is 0 Å². The van der Waals surface area contributed by atoms with Crippen LogP contribution in [0.2, 0.25) is 0 Å². The molecule has 0 spiro atoms. The predicted octanol–water partition coefficient (Wildman–Crippen LogP) is 3.24. The van der Waals surface area contributed by atoms with Gasteiger partial charge in [0.05, 0.1) is 0 Å². The van der Waals surface area contributed by atoms with Gasteiger partial charge in [-0.1, -0.05) is 46.4 Å². The lowest BCUT2D eigenvalue weighted by molar-refractivity contribution is 0.111. The summed E-state index contributed by atoms with van der Waals surface area (Å²) in [4.78, 5) is 14.3. The van der Waals surface area contributed by atoms with Gasteiger partial charge < -0.3 is 5.11 Å². The average Bonchev–Trinajstić information content (AvgIpc) is 2.87. The fraction of sp³-hybridized carbons (Fsp3) is 0.357. The van der Waals surface area contributed by atoms with Crippen LogP contribution in [0.25, 0.3) is 5.70 Å². The molecule has 104 valence electrons. The highest BCUT2D eigenvalue weighted by Crippen LogP contribution is 2.15. The fourth-order valence-electron chi connectivity index (χ4n) is 1.24. The molecule has 0 atom stereocenters. The van der Waals surface area contributed by atoms with Crippen LogP contribution in [0.1, 0.15) is 38.3 Å². The third kappa shape index (κ3) is 5.33. The Hall–Kier alpha value is -2.17. The predicted molar refractivity (Wildman–Crippen MR) is 76.8 cm³/mol. The van der Waals surface area contributed by atoms with Crippen LogP contribution in [0.3, 0.4) is 0 Å². The molecule has 0 aromatic carbocycles. The van der Waals surface area contributed by atoms with Crippen LogP contribution in [0, 0.1) is 5.92 Å². The van der Waals surface area contributed by atoms with Crippen LogP contribution in [0.15, 0.2) is 36.9 Å². The van der Waals surface area contributed by atoms with Crippen molar-refractivity contribution in [3.63, 3.8) is 0 Å². The van der Waals surface area contributed by atoms with E-state index in [9.17, 15) is 9.90 Å². The Labute approximate surface area is 114 Å². The molecule has 0 fully saturated rings. The van der Waals surface area contributed by atoms with Gasteiger partial charge in [-0.05, 0) is 12.0 Å². The molecule has 5 nitrogen and oxygen atoms in total. The van der Waals surface area contributed by atoms with E-state index in [1.165, 1.54) is 23.2 Å². The maximum atomic E-state index is 10.5. The molecular formula is C14H21N3O2. The van der Waals surface area contributed by atoms with Crippen LogP contribution in [-0.2, 0) is 0 Å². The summed E-state index contributed by atoms with van der Waals surface area (Å²) in [5.74, 6) is 0.316. The van der Waals surface area contributed by atoms with Crippen LogP contribution >= 0.6 is 0 Å². The normalized spacial score (nSPS) is 11.8. The molecule has 0 bridgehead atoms. The lowest BCUT2D eigenvalue weighted by Crippen LogP contribution is -2.03. The molecule has 0 aliphatic rings. The summed E-state index contributed by atoms with van der Waals surface area (Å²) < 4.78 is 1.36. The first-order chi connectivity index (χ1) is 9.08. The molecule has 0 aliphatic carbocycles. The number of rotatable bonds is 5. The second-order valence-electron chi connectivity index (χ2n) is 3.75. The summed E-state index contributed by atoms with van der Waals surface area (Å²) >= 11 is 0. The summed E-state index contributed by atoms with van der Waals surface area (Å²) in [6.45, 7) is 11.5. The van der Waals surface area contributed by atoms with Gasteiger partial charge in [0.15, 0.2) is 6.29 Å². The van der Waals surface area contributed by atoms with Gasteiger partial charge >= 0.3 is 0 Å². The Morgan fingerprint density at radius 1 is 1.47 bits per heavy atom. The second-order valence-corrected chi connectivity index (χ2v) is 3.75. The first-order valence-corrected chi connectivity index (χ1v) is 6.19. The van der Waals surface area contributed by atoms with Crippen molar-refractivity contribution >= 4 is 12.0 Å². The Morgan fingerprint density at radius 2 is 2.11 bits per heavy atom. The number of hydrogen-bond acceptors (Lipinski definition) is 4. The highest BCUT2D eigenvalue weighted by molar-refractivity contribution is 5.69. The summed E-state index contributed by atoms with van der Waals surface area (Å²) in [7, 11) is 0. The molecule has 0 unspecified atom stereocenters. The highest BCUT2D eigenvalue weighted by atomic mass is 16.3. The van der Waals surface area contributed by atoms with Crippen molar-refractivity contribution in [3.05, 3.63) is 42.7 Å². The average molecular weight is 263 g/mol. The molecular weight excluding hydrogens is 242 g/mol. The van der Waals surface area contributed by atoms with E-state index < -0.39 is 0 Å². The van der Waals surface area contributed by atoms with Crippen molar-refractivity contribution in [1.29, 1.82) is 0 Å². The number of aromatic nitrogens is 3. The highest BCUT2D eigenvalue weighted by Gasteiger charge is 2.09. The van der Waals surface area contributed by atoms with Crippen molar-refractivity contribution < 1.29 is 9.90 Å². The van der Waals surface area contributed by atoms with E-state index in [0.29, 0.717) is 12.0 Å². The van der Waals surface area contributed by atoms with Gasteiger partial charge in [0, 0.05) is 0 Å². The van der Waals surface area contributed by atoms with Crippen molar-refractivity contribution in [2.75, 3.05) is 0 Å². The van der Waals surface area contributed by atoms with Crippen molar-refractivity contribution in [2.45, 2.75) is 27.7 Å². The molecule has 0 radical (unpaired) electrons. The SMILES string of the molecule is C=C/C=C(O)\C(=C/C(C)C)n1cnc(C=O)n1.CC. The molecule has 0 aliphatic heterocycles.